The number of aromatic hydroxyl groups is 1. The van der Waals surface area contributed by atoms with E-state index in [0.717, 1.165) is 30.7 Å². The van der Waals surface area contributed by atoms with E-state index in [2.05, 4.69) is 17.5 Å². The van der Waals surface area contributed by atoms with Crippen LogP contribution < -0.4 is 19.4 Å². The summed E-state index contributed by atoms with van der Waals surface area (Å²) >= 11 is 0. The molecule has 0 aliphatic carbocycles. The summed E-state index contributed by atoms with van der Waals surface area (Å²) in [6, 6.07) is 7.95. The average molecular weight is 762 g/mol. The van der Waals surface area contributed by atoms with Crippen LogP contribution in [0, 0.1) is 18.2 Å². The van der Waals surface area contributed by atoms with E-state index < -0.39 is 29.4 Å². The Balaban J connectivity index is 1.23. The summed E-state index contributed by atoms with van der Waals surface area (Å²) in [5, 5.41) is 11.7. The van der Waals surface area contributed by atoms with E-state index in [1.54, 1.807) is 28.9 Å². The third-order valence-corrected chi connectivity index (χ3v) is 10.8. The van der Waals surface area contributed by atoms with Crippen molar-refractivity contribution in [2.24, 2.45) is 0 Å². The van der Waals surface area contributed by atoms with E-state index in [1.165, 1.54) is 24.3 Å². The van der Waals surface area contributed by atoms with Crippen molar-refractivity contribution in [1.29, 1.82) is 0 Å². The molecule has 2 saturated heterocycles. The molecule has 0 saturated carbocycles. The lowest BCUT2D eigenvalue weighted by Crippen LogP contribution is -2.46. The number of fused-ring (bicyclic) bond motifs is 2. The van der Waals surface area contributed by atoms with Crippen molar-refractivity contribution in [3.8, 4) is 24.1 Å². The maximum absolute atomic E-state index is 15.0. The molecule has 3 aliphatic rings. The van der Waals surface area contributed by atoms with Crippen LogP contribution in [0.25, 0.3) is 10.8 Å². The molecule has 0 bridgehead atoms. The van der Waals surface area contributed by atoms with E-state index in [0.29, 0.717) is 59.7 Å². The number of amides is 1. The second-order valence-electron chi connectivity index (χ2n) is 14.6. The highest BCUT2D eigenvalue weighted by Crippen LogP contribution is 2.40. The minimum absolute atomic E-state index is 0.00181. The molecule has 0 unspecified atom stereocenters. The second kappa shape index (κ2) is 14.5. The Labute approximate surface area is 315 Å². The quantitative estimate of drug-likeness (QED) is 0.118. The molecular weight excluding hydrogens is 721 g/mol. The van der Waals surface area contributed by atoms with Gasteiger partial charge in [0.2, 0.25) is 5.91 Å². The summed E-state index contributed by atoms with van der Waals surface area (Å²) in [6.45, 7) is 6.98. The first-order valence-electron chi connectivity index (χ1n) is 18.0. The van der Waals surface area contributed by atoms with E-state index >= 15 is 4.39 Å². The van der Waals surface area contributed by atoms with Gasteiger partial charge in [-0.3, -0.25) is 4.79 Å². The maximum Gasteiger partial charge on any atom is 0.433 e. The number of alkyl halides is 4. The Kier molecular flexibility index (Phi) is 9.95. The number of hydrogen-bond donors (Lipinski definition) is 1. The van der Waals surface area contributed by atoms with Crippen LogP contribution in [0.5, 0.6) is 11.8 Å². The summed E-state index contributed by atoms with van der Waals surface area (Å²) < 4.78 is 76.0. The lowest BCUT2D eigenvalue weighted by atomic mass is 9.98. The summed E-state index contributed by atoms with van der Waals surface area (Å²) in [6.07, 6.45) is 4.40. The molecule has 288 valence electrons. The van der Waals surface area contributed by atoms with E-state index in [-0.39, 0.29) is 55.4 Å². The third-order valence-electron chi connectivity index (χ3n) is 10.8. The van der Waals surface area contributed by atoms with Gasteiger partial charge in [0, 0.05) is 61.8 Å². The van der Waals surface area contributed by atoms with Crippen molar-refractivity contribution >= 4 is 33.9 Å². The Morgan fingerprint density at radius 2 is 2.02 bits per heavy atom. The minimum Gasteiger partial charge on any atom is -0.508 e. The molecule has 1 amide bonds. The largest absolute Gasteiger partial charge is 0.508 e. The smallest absolute Gasteiger partial charge is 0.433 e. The molecule has 55 heavy (non-hydrogen) atoms. The SMILES string of the molecule is C#Cc1c(F)ccc2cc(O)cc(N3CCc4c(nc(OC[C@]5(C)C[C@@H](F)CN5c5ccc(C(F)(F)F)nc5)nc4N(C)C[C@@H]4CCCN4C(=O)C=C)C3)c12. The maximum atomic E-state index is 15.0. The number of phenols is 1. The molecule has 3 aliphatic heterocycles. The van der Waals surface area contributed by atoms with Gasteiger partial charge in [-0.1, -0.05) is 18.6 Å². The molecule has 1 N–H and O–H groups in total. The van der Waals surface area contributed by atoms with Gasteiger partial charge >= 0.3 is 12.2 Å². The fraction of sp³-hybridized carbons (Fsp3) is 0.400. The van der Waals surface area contributed by atoms with Gasteiger partial charge in [0.15, 0.2) is 0 Å². The van der Waals surface area contributed by atoms with Crippen molar-refractivity contribution in [2.75, 3.05) is 54.5 Å². The molecule has 2 fully saturated rings. The molecule has 15 heteroatoms. The number of halogens is 5. The number of rotatable bonds is 9. The zero-order chi connectivity index (χ0) is 39.2. The standard InChI is InChI=1S/C40H40F5N7O3/c1-5-29-31(42)11-9-24-16-28(53)17-33(36(24)29)50-15-13-30-32(22-50)47-38(48-37(30)49(4)21-27-8-7-14-51(27)35(54)6-2)55-23-39(3)18-25(41)20-52(39)26-10-12-34(46-19-26)40(43,44)45/h1,6,9-12,16-17,19,25,27,53H,2,7-8,13-15,18,20-23H2,3-4H3/t25-,27+,39+/m1/s1. The Hall–Kier alpha value is -5.65. The van der Waals surface area contributed by atoms with Gasteiger partial charge < -0.3 is 29.4 Å². The van der Waals surface area contributed by atoms with E-state index in [4.69, 9.17) is 21.1 Å². The van der Waals surface area contributed by atoms with Crippen LogP contribution in [0.15, 0.2) is 55.3 Å². The lowest BCUT2D eigenvalue weighted by Gasteiger charge is -2.37. The van der Waals surface area contributed by atoms with Crippen molar-refractivity contribution < 1.29 is 36.6 Å². The summed E-state index contributed by atoms with van der Waals surface area (Å²) in [5.74, 6) is 2.31. The first-order chi connectivity index (χ1) is 26.2. The number of carbonyl (C=O) groups excluding carboxylic acids is 1. The number of phenolic OH excluding ortho intramolecular Hbond substituents is 1. The number of ether oxygens (including phenoxy) is 1. The van der Waals surface area contributed by atoms with Crippen LogP contribution >= 0.6 is 0 Å². The number of likely N-dealkylation sites (tertiary alicyclic amines) is 1. The molecule has 4 aromatic rings. The third kappa shape index (κ3) is 7.29. The zero-order valence-corrected chi connectivity index (χ0v) is 30.4. The molecule has 2 aromatic carbocycles. The highest BCUT2D eigenvalue weighted by molar-refractivity contribution is 6.00. The predicted molar refractivity (Wildman–Crippen MR) is 198 cm³/mol. The average Bonchev–Trinajstić information content (AvgIpc) is 3.75. The van der Waals surface area contributed by atoms with Crippen molar-refractivity contribution in [1.82, 2.24) is 19.9 Å². The number of anilines is 3. The van der Waals surface area contributed by atoms with Crippen molar-refractivity contribution in [3.63, 3.8) is 0 Å². The Morgan fingerprint density at radius 3 is 2.73 bits per heavy atom. The Morgan fingerprint density at radius 1 is 1.22 bits per heavy atom. The predicted octanol–water partition coefficient (Wildman–Crippen LogP) is 6.43. The van der Waals surface area contributed by atoms with Crippen LogP contribution in [0.2, 0.25) is 0 Å². The van der Waals surface area contributed by atoms with Gasteiger partial charge in [0.25, 0.3) is 0 Å². The van der Waals surface area contributed by atoms with Crippen LogP contribution in [-0.4, -0.2) is 88.5 Å². The summed E-state index contributed by atoms with van der Waals surface area (Å²) in [5.41, 5.74) is 0.315. The number of likely N-dealkylation sites (N-methyl/N-ethyl adjacent to an activating group) is 1. The van der Waals surface area contributed by atoms with Gasteiger partial charge in [-0.15, -0.1) is 6.42 Å². The van der Waals surface area contributed by atoms with Crippen LogP contribution in [-0.2, 0) is 23.9 Å². The van der Waals surface area contributed by atoms with Gasteiger partial charge in [0.05, 0.1) is 41.8 Å². The zero-order valence-electron chi connectivity index (χ0n) is 30.4. The van der Waals surface area contributed by atoms with Crippen LogP contribution in [0.1, 0.15) is 48.7 Å². The Bertz CT molecular complexity index is 2180. The second-order valence-corrected chi connectivity index (χ2v) is 14.6. The first-order valence-corrected chi connectivity index (χ1v) is 18.0. The van der Waals surface area contributed by atoms with Crippen molar-refractivity contribution in [3.05, 3.63) is 83.6 Å². The van der Waals surface area contributed by atoms with Crippen LogP contribution in [0.4, 0.5) is 39.1 Å². The number of aromatic nitrogens is 3. The number of pyridine rings is 1. The summed E-state index contributed by atoms with van der Waals surface area (Å²) in [4.78, 5) is 33.3. The normalized spacial score (nSPS) is 21.1. The van der Waals surface area contributed by atoms with Crippen LogP contribution in [0.3, 0.4) is 0 Å². The highest BCUT2D eigenvalue weighted by Gasteiger charge is 2.44. The van der Waals surface area contributed by atoms with E-state index in [1.807, 2.05) is 16.8 Å². The molecule has 7 rings (SSSR count). The number of benzene rings is 2. The van der Waals surface area contributed by atoms with E-state index in [9.17, 15) is 27.5 Å². The first kappa shape index (κ1) is 37.7. The molecule has 2 aromatic heterocycles. The molecular formula is C40H40F5N7O3. The van der Waals surface area contributed by atoms with Crippen molar-refractivity contribution in [2.45, 2.75) is 63.1 Å². The lowest BCUT2D eigenvalue weighted by molar-refractivity contribution is -0.141. The fourth-order valence-electron chi connectivity index (χ4n) is 8.16. The topological polar surface area (TPSA) is 98.2 Å². The van der Waals surface area contributed by atoms with Gasteiger partial charge in [-0.2, -0.15) is 23.1 Å². The van der Waals surface area contributed by atoms with Gasteiger partial charge in [-0.25, -0.2) is 13.8 Å². The molecule has 3 atom stereocenters. The molecule has 0 spiro atoms. The molecule has 0 radical (unpaired) electrons. The number of carbonyl (C=O) groups is 1. The highest BCUT2D eigenvalue weighted by atomic mass is 19.4. The number of terminal acetylenes is 1. The molecule has 10 nitrogen and oxygen atoms in total. The minimum atomic E-state index is -4.62. The fourth-order valence-corrected chi connectivity index (χ4v) is 8.16. The molecule has 5 heterocycles. The summed E-state index contributed by atoms with van der Waals surface area (Å²) in [7, 11) is 1.88. The van der Waals surface area contributed by atoms with Gasteiger partial charge in [-0.05, 0) is 61.9 Å². The number of nitrogens with zero attached hydrogens (tertiary/aromatic N) is 7. The van der Waals surface area contributed by atoms with Gasteiger partial charge in [0.1, 0.15) is 35.9 Å². The number of hydrogen-bond acceptors (Lipinski definition) is 9. The monoisotopic (exact) mass is 761 g/mol.